The highest BCUT2D eigenvalue weighted by atomic mass is 32.2. The molecule has 0 aromatic heterocycles. The summed E-state index contributed by atoms with van der Waals surface area (Å²) >= 11 is 1.95. The molecule has 0 saturated carbocycles. The average molecular weight is 215 g/mol. The molecule has 0 unspecified atom stereocenters. The van der Waals surface area contributed by atoms with Crippen LogP contribution in [0.4, 0.5) is 0 Å². The van der Waals surface area contributed by atoms with Gasteiger partial charge >= 0.3 is 0 Å². The third kappa shape index (κ3) is 2.91. The van der Waals surface area contributed by atoms with Crippen molar-refractivity contribution in [1.82, 2.24) is 4.90 Å². The molecule has 0 aromatic carbocycles. The lowest BCUT2D eigenvalue weighted by molar-refractivity contribution is -0.140. The van der Waals surface area contributed by atoms with Crippen molar-refractivity contribution in [2.24, 2.45) is 5.41 Å². The normalized spacial score (nSPS) is 18.4. The summed E-state index contributed by atoms with van der Waals surface area (Å²) < 4.78 is 0. The predicted molar refractivity (Wildman–Crippen MR) is 62.6 cm³/mol. The van der Waals surface area contributed by atoms with E-state index in [9.17, 15) is 4.79 Å². The Hall–Kier alpha value is -0.180. The summed E-state index contributed by atoms with van der Waals surface area (Å²) in [5.41, 5.74) is -0.156. The molecule has 1 heterocycles. The van der Waals surface area contributed by atoms with Crippen LogP contribution in [0, 0.1) is 5.41 Å². The summed E-state index contributed by atoms with van der Waals surface area (Å²) in [6.45, 7) is 8.16. The van der Waals surface area contributed by atoms with Crippen LogP contribution in [0.2, 0.25) is 0 Å². The Morgan fingerprint density at radius 1 is 1.36 bits per heavy atom. The van der Waals surface area contributed by atoms with Gasteiger partial charge in [0, 0.05) is 30.0 Å². The second kappa shape index (κ2) is 5.06. The van der Waals surface area contributed by atoms with Crippen LogP contribution in [0.5, 0.6) is 0 Å². The van der Waals surface area contributed by atoms with Crippen LogP contribution in [0.1, 0.15) is 33.6 Å². The third-order valence-electron chi connectivity index (χ3n) is 2.75. The molecule has 1 fully saturated rings. The lowest BCUT2D eigenvalue weighted by atomic mass is 9.86. The van der Waals surface area contributed by atoms with E-state index in [2.05, 4.69) is 20.8 Å². The minimum absolute atomic E-state index is 0.156. The van der Waals surface area contributed by atoms with Crippen molar-refractivity contribution >= 4 is 17.7 Å². The highest BCUT2D eigenvalue weighted by molar-refractivity contribution is 7.99. The van der Waals surface area contributed by atoms with Gasteiger partial charge in [-0.3, -0.25) is 4.79 Å². The van der Waals surface area contributed by atoms with Crippen LogP contribution in [-0.2, 0) is 4.79 Å². The van der Waals surface area contributed by atoms with E-state index in [0.717, 1.165) is 37.4 Å². The second-order valence-corrected chi connectivity index (χ2v) is 5.76. The number of rotatable bonds is 3. The maximum atomic E-state index is 12.1. The molecule has 1 rings (SSSR count). The summed E-state index contributed by atoms with van der Waals surface area (Å²) in [5.74, 6) is 2.56. The van der Waals surface area contributed by atoms with E-state index >= 15 is 0 Å². The highest BCUT2D eigenvalue weighted by Gasteiger charge is 2.31. The molecule has 0 atom stereocenters. The molecule has 14 heavy (non-hydrogen) atoms. The average Bonchev–Trinajstić information content (AvgIpc) is 2.18. The molecule has 0 bridgehead atoms. The molecule has 1 saturated heterocycles. The zero-order valence-corrected chi connectivity index (χ0v) is 10.3. The SMILES string of the molecule is CCCC(C)(C)C(=O)N1CCSCC1. The molecule has 0 aliphatic carbocycles. The van der Waals surface area contributed by atoms with Gasteiger partial charge in [-0.1, -0.05) is 27.2 Å². The van der Waals surface area contributed by atoms with Gasteiger partial charge in [0.25, 0.3) is 0 Å². The summed E-state index contributed by atoms with van der Waals surface area (Å²) in [4.78, 5) is 14.2. The van der Waals surface area contributed by atoms with Gasteiger partial charge in [0.15, 0.2) is 0 Å². The first kappa shape index (κ1) is 11.9. The van der Waals surface area contributed by atoms with Crippen LogP contribution in [-0.4, -0.2) is 35.4 Å². The third-order valence-corrected chi connectivity index (χ3v) is 3.69. The van der Waals surface area contributed by atoms with Crippen molar-refractivity contribution < 1.29 is 4.79 Å². The molecule has 0 N–H and O–H groups in total. The fraction of sp³-hybridized carbons (Fsp3) is 0.909. The van der Waals surface area contributed by atoms with E-state index in [1.165, 1.54) is 0 Å². The number of carbonyl (C=O) groups is 1. The van der Waals surface area contributed by atoms with E-state index in [1.807, 2.05) is 16.7 Å². The first-order valence-corrected chi connectivity index (χ1v) is 6.60. The molecule has 3 heteroatoms. The summed E-state index contributed by atoms with van der Waals surface area (Å²) in [6.07, 6.45) is 2.08. The topological polar surface area (TPSA) is 20.3 Å². The second-order valence-electron chi connectivity index (χ2n) is 4.54. The fourth-order valence-electron chi connectivity index (χ4n) is 1.93. The number of nitrogens with zero attached hydrogens (tertiary/aromatic N) is 1. The molecular formula is C11H21NOS. The van der Waals surface area contributed by atoms with Gasteiger partial charge in [-0.25, -0.2) is 0 Å². The van der Waals surface area contributed by atoms with Gasteiger partial charge in [0.1, 0.15) is 0 Å². The maximum Gasteiger partial charge on any atom is 0.228 e. The van der Waals surface area contributed by atoms with E-state index in [1.54, 1.807) is 0 Å². The van der Waals surface area contributed by atoms with Crippen molar-refractivity contribution in [3.05, 3.63) is 0 Å². The zero-order chi connectivity index (χ0) is 10.6. The standard InChI is InChI=1S/C11H21NOS/c1-4-5-11(2,3)10(13)12-6-8-14-9-7-12/h4-9H2,1-3H3. The minimum atomic E-state index is -0.156. The monoisotopic (exact) mass is 215 g/mol. The van der Waals surface area contributed by atoms with Crippen LogP contribution in [0.25, 0.3) is 0 Å². The molecule has 0 spiro atoms. The minimum Gasteiger partial charge on any atom is -0.341 e. The summed E-state index contributed by atoms with van der Waals surface area (Å²) in [5, 5.41) is 0. The number of amides is 1. The Labute approximate surface area is 91.4 Å². The number of thioether (sulfide) groups is 1. The maximum absolute atomic E-state index is 12.1. The number of hydrogen-bond acceptors (Lipinski definition) is 2. The van der Waals surface area contributed by atoms with E-state index in [4.69, 9.17) is 0 Å². The molecule has 0 radical (unpaired) electrons. The highest BCUT2D eigenvalue weighted by Crippen LogP contribution is 2.26. The van der Waals surface area contributed by atoms with Crippen LogP contribution in [0.3, 0.4) is 0 Å². The molecule has 82 valence electrons. The Balaban J connectivity index is 2.53. The Bertz CT molecular complexity index is 197. The lowest BCUT2D eigenvalue weighted by Crippen LogP contribution is -2.45. The zero-order valence-electron chi connectivity index (χ0n) is 9.51. The van der Waals surface area contributed by atoms with E-state index in [0.29, 0.717) is 5.91 Å². The van der Waals surface area contributed by atoms with Gasteiger partial charge < -0.3 is 4.90 Å². The number of hydrogen-bond donors (Lipinski definition) is 0. The molecule has 1 amide bonds. The van der Waals surface area contributed by atoms with Crippen LogP contribution in [0.15, 0.2) is 0 Å². The van der Waals surface area contributed by atoms with Gasteiger partial charge in [0.05, 0.1) is 0 Å². The van der Waals surface area contributed by atoms with Crippen molar-refractivity contribution in [3.8, 4) is 0 Å². The van der Waals surface area contributed by atoms with Gasteiger partial charge in [-0.05, 0) is 6.42 Å². The molecule has 1 aliphatic rings. The largest absolute Gasteiger partial charge is 0.341 e. The molecule has 0 aromatic rings. The molecular weight excluding hydrogens is 194 g/mol. The Morgan fingerprint density at radius 3 is 2.43 bits per heavy atom. The van der Waals surface area contributed by atoms with Gasteiger partial charge in [-0.15, -0.1) is 0 Å². The fourth-order valence-corrected chi connectivity index (χ4v) is 2.83. The van der Waals surface area contributed by atoms with Gasteiger partial charge in [0.2, 0.25) is 5.91 Å². The Kier molecular flexibility index (Phi) is 4.30. The van der Waals surface area contributed by atoms with Crippen LogP contribution < -0.4 is 0 Å². The summed E-state index contributed by atoms with van der Waals surface area (Å²) in [6, 6.07) is 0. The van der Waals surface area contributed by atoms with Crippen molar-refractivity contribution in [1.29, 1.82) is 0 Å². The number of carbonyl (C=O) groups excluding carboxylic acids is 1. The van der Waals surface area contributed by atoms with Crippen molar-refractivity contribution in [2.45, 2.75) is 33.6 Å². The summed E-state index contributed by atoms with van der Waals surface area (Å²) in [7, 11) is 0. The van der Waals surface area contributed by atoms with E-state index in [-0.39, 0.29) is 5.41 Å². The quantitative estimate of drug-likeness (QED) is 0.720. The van der Waals surface area contributed by atoms with Crippen molar-refractivity contribution in [3.63, 3.8) is 0 Å². The molecule has 2 nitrogen and oxygen atoms in total. The predicted octanol–water partition coefficient (Wildman–Crippen LogP) is 2.39. The van der Waals surface area contributed by atoms with Crippen LogP contribution >= 0.6 is 11.8 Å². The lowest BCUT2D eigenvalue weighted by Gasteiger charge is -2.34. The first-order valence-electron chi connectivity index (χ1n) is 5.45. The van der Waals surface area contributed by atoms with E-state index < -0.39 is 0 Å². The smallest absolute Gasteiger partial charge is 0.228 e. The van der Waals surface area contributed by atoms with Gasteiger partial charge in [-0.2, -0.15) is 11.8 Å². The first-order chi connectivity index (χ1) is 6.58. The van der Waals surface area contributed by atoms with Crippen molar-refractivity contribution in [2.75, 3.05) is 24.6 Å². The Morgan fingerprint density at radius 2 is 1.93 bits per heavy atom. The molecule has 1 aliphatic heterocycles.